The second-order valence-electron chi connectivity index (χ2n) is 7.54. The number of aliphatic hydroxyl groups is 1. The fourth-order valence-corrected chi connectivity index (χ4v) is 4.35. The van der Waals surface area contributed by atoms with Crippen LogP contribution in [0.3, 0.4) is 0 Å². The largest absolute Gasteiger partial charge is 0.396 e. The molecule has 4 rings (SSSR count). The van der Waals surface area contributed by atoms with Crippen molar-refractivity contribution in [1.82, 2.24) is 9.88 Å². The Morgan fingerprint density at radius 1 is 1.23 bits per heavy atom. The molecule has 2 N–H and O–H groups in total. The zero-order chi connectivity index (χ0) is 20.9. The number of anilines is 1. The molecule has 0 radical (unpaired) electrons. The van der Waals surface area contributed by atoms with E-state index in [-0.39, 0.29) is 12.6 Å². The zero-order valence-electron chi connectivity index (χ0n) is 17.2. The van der Waals surface area contributed by atoms with Gasteiger partial charge in [0.2, 0.25) is 0 Å². The number of hydrogen-bond donors (Lipinski definition) is 2. The average Bonchev–Trinajstić information content (AvgIpc) is 2.77. The lowest BCUT2D eigenvalue weighted by atomic mass is 9.93. The smallest absolute Gasteiger partial charge is 0.174 e. The molecule has 1 aliphatic heterocycles. The Labute approximate surface area is 182 Å². The van der Waals surface area contributed by atoms with E-state index in [4.69, 9.17) is 17.0 Å². The van der Waals surface area contributed by atoms with E-state index in [0.717, 1.165) is 35.1 Å². The van der Waals surface area contributed by atoms with Crippen molar-refractivity contribution >= 4 is 33.8 Å². The van der Waals surface area contributed by atoms with Gasteiger partial charge in [0.15, 0.2) is 5.11 Å². The summed E-state index contributed by atoms with van der Waals surface area (Å²) >= 11 is 5.83. The second-order valence-corrected chi connectivity index (χ2v) is 7.92. The molecule has 1 aromatic heterocycles. The maximum atomic E-state index is 9.59. The molecule has 1 atom stereocenters. The van der Waals surface area contributed by atoms with E-state index in [1.807, 2.05) is 31.3 Å². The van der Waals surface area contributed by atoms with Gasteiger partial charge in [-0.05, 0) is 55.2 Å². The number of nitrogens with zero attached hydrogens (tertiary/aromatic N) is 2. The number of rotatable bonds is 6. The highest BCUT2D eigenvalue weighted by atomic mass is 32.1. The van der Waals surface area contributed by atoms with Crippen LogP contribution >= 0.6 is 12.2 Å². The molecular weight excluding hydrogens is 394 g/mol. The molecule has 0 saturated carbocycles. The SMILES string of the molecule is CCOCc1cc2c(NC(=S)N3Cc4ccccc4C[C@H]3CCO)cccc2cn1. The summed E-state index contributed by atoms with van der Waals surface area (Å²) in [7, 11) is 0. The summed E-state index contributed by atoms with van der Waals surface area (Å²) in [6.07, 6.45) is 3.45. The molecule has 6 heteroatoms. The summed E-state index contributed by atoms with van der Waals surface area (Å²) in [4.78, 5) is 6.70. The Morgan fingerprint density at radius 3 is 2.87 bits per heavy atom. The number of fused-ring (bicyclic) bond motifs is 2. The van der Waals surface area contributed by atoms with Crippen LogP contribution in [0, 0.1) is 0 Å². The average molecular weight is 422 g/mol. The van der Waals surface area contributed by atoms with Crippen LogP contribution in [0.15, 0.2) is 54.7 Å². The van der Waals surface area contributed by atoms with Gasteiger partial charge in [0.05, 0.1) is 12.3 Å². The van der Waals surface area contributed by atoms with Gasteiger partial charge in [-0.25, -0.2) is 0 Å². The number of hydrogen-bond acceptors (Lipinski definition) is 4. The predicted molar refractivity (Wildman–Crippen MR) is 124 cm³/mol. The summed E-state index contributed by atoms with van der Waals surface area (Å²) in [6.45, 7) is 4.02. The van der Waals surface area contributed by atoms with Crippen LogP contribution in [0.5, 0.6) is 0 Å². The zero-order valence-corrected chi connectivity index (χ0v) is 18.0. The van der Waals surface area contributed by atoms with Crippen LogP contribution < -0.4 is 5.32 Å². The summed E-state index contributed by atoms with van der Waals surface area (Å²) in [6, 6.07) is 16.8. The van der Waals surface area contributed by atoms with Gasteiger partial charge in [-0.1, -0.05) is 36.4 Å². The van der Waals surface area contributed by atoms with E-state index in [1.165, 1.54) is 11.1 Å². The summed E-state index contributed by atoms with van der Waals surface area (Å²) in [5, 5.41) is 15.9. The first-order chi connectivity index (χ1) is 14.7. The molecule has 0 fully saturated rings. The molecule has 2 aromatic carbocycles. The van der Waals surface area contributed by atoms with Crippen LogP contribution in [-0.2, 0) is 24.3 Å². The van der Waals surface area contributed by atoms with E-state index >= 15 is 0 Å². The Balaban J connectivity index is 1.60. The van der Waals surface area contributed by atoms with Gasteiger partial charge >= 0.3 is 0 Å². The van der Waals surface area contributed by atoms with Crippen molar-refractivity contribution in [2.24, 2.45) is 0 Å². The highest BCUT2D eigenvalue weighted by molar-refractivity contribution is 7.80. The van der Waals surface area contributed by atoms with Crippen molar-refractivity contribution in [2.45, 2.75) is 39.0 Å². The normalized spacial score (nSPS) is 15.8. The number of aliphatic hydroxyl groups excluding tert-OH is 1. The van der Waals surface area contributed by atoms with E-state index in [1.54, 1.807) is 0 Å². The first-order valence-electron chi connectivity index (χ1n) is 10.4. The Morgan fingerprint density at radius 2 is 2.07 bits per heavy atom. The van der Waals surface area contributed by atoms with Crippen LogP contribution in [0.4, 0.5) is 5.69 Å². The van der Waals surface area contributed by atoms with Crippen LogP contribution in [0.25, 0.3) is 10.8 Å². The molecule has 0 bridgehead atoms. The minimum atomic E-state index is 0.146. The maximum absolute atomic E-state index is 9.59. The lowest BCUT2D eigenvalue weighted by molar-refractivity contribution is 0.131. The molecule has 0 aliphatic carbocycles. The standard InChI is InChI=1S/C24H27N3O2S/c1-2-29-16-20-13-22-18(14-25-20)8-5-9-23(22)26-24(30)27-15-19-7-4-3-6-17(19)12-21(27)10-11-28/h3-9,13-14,21,28H,2,10-12,15-16H2,1H3,(H,26,30)/t21-/m1/s1. The third-order valence-electron chi connectivity index (χ3n) is 5.59. The van der Waals surface area contributed by atoms with E-state index < -0.39 is 0 Å². The van der Waals surface area contributed by atoms with Crippen LogP contribution in [0.2, 0.25) is 0 Å². The van der Waals surface area contributed by atoms with Gasteiger partial charge in [-0.2, -0.15) is 0 Å². The highest BCUT2D eigenvalue weighted by Gasteiger charge is 2.27. The Hall–Kier alpha value is -2.54. The fraction of sp³-hybridized carbons (Fsp3) is 0.333. The third kappa shape index (κ3) is 4.46. The van der Waals surface area contributed by atoms with Crippen molar-refractivity contribution in [3.8, 4) is 0 Å². The minimum Gasteiger partial charge on any atom is -0.396 e. The number of aromatic nitrogens is 1. The summed E-state index contributed by atoms with van der Waals surface area (Å²) < 4.78 is 5.52. The van der Waals surface area contributed by atoms with Crippen molar-refractivity contribution in [1.29, 1.82) is 0 Å². The molecule has 156 valence electrons. The molecular formula is C24H27N3O2S. The lowest BCUT2D eigenvalue weighted by Crippen LogP contribution is -2.46. The van der Waals surface area contributed by atoms with Crippen molar-refractivity contribution in [3.63, 3.8) is 0 Å². The van der Waals surface area contributed by atoms with Gasteiger partial charge in [-0.15, -0.1) is 0 Å². The lowest BCUT2D eigenvalue weighted by Gasteiger charge is -2.38. The highest BCUT2D eigenvalue weighted by Crippen LogP contribution is 2.28. The van der Waals surface area contributed by atoms with E-state index in [9.17, 15) is 5.11 Å². The molecule has 0 amide bonds. The van der Waals surface area contributed by atoms with Gasteiger partial charge in [0, 0.05) is 48.5 Å². The minimum absolute atomic E-state index is 0.146. The number of ether oxygens (including phenoxy) is 1. The Kier molecular flexibility index (Phi) is 6.57. The first kappa shape index (κ1) is 20.7. The quantitative estimate of drug-likeness (QED) is 0.580. The van der Waals surface area contributed by atoms with Gasteiger partial charge < -0.3 is 20.1 Å². The van der Waals surface area contributed by atoms with E-state index in [0.29, 0.717) is 24.7 Å². The van der Waals surface area contributed by atoms with Crippen molar-refractivity contribution in [2.75, 3.05) is 18.5 Å². The van der Waals surface area contributed by atoms with Gasteiger partial charge in [0.1, 0.15) is 0 Å². The number of thiocarbonyl (C=S) groups is 1. The van der Waals surface area contributed by atoms with Crippen LogP contribution in [0.1, 0.15) is 30.2 Å². The molecule has 1 aliphatic rings. The molecule has 0 unspecified atom stereocenters. The first-order valence-corrected chi connectivity index (χ1v) is 10.8. The topological polar surface area (TPSA) is 57.6 Å². The summed E-state index contributed by atoms with van der Waals surface area (Å²) in [5.41, 5.74) is 4.48. The van der Waals surface area contributed by atoms with Gasteiger partial charge in [0.25, 0.3) is 0 Å². The molecule has 0 spiro atoms. The fourth-order valence-electron chi connectivity index (χ4n) is 4.03. The Bertz CT molecular complexity index is 1040. The molecule has 5 nitrogen and oxygen atoms in total. The molecule has 30 heavy (non-hydrogen) atoms. The number of benzene rings is 2. The molecule has 3 aromatic rings. The summed E-state index contributed by atoms with van der Waals surface area (Å²) in [5.74, 6) is 0. The molecule has 2 heterocycles. The van der Waals surface area contributed by atoms with Crippen molar-refractivity contribution in [3.05, 3.63) is 71.5 Å². The monoisotopic (exact) mass is 421 g/mol. The van der Waals surface area contributed by atoms with Crippen molar-refractivity contribution < 1.29 is 9.84 Å². The predicted octanol–water partition coefficient (Wildman–Crippen LogP) is 4.28. The maximum Gasteiger partial charge on any atom is 0.174 e. The molecule has 0 saturated heterocycles. The third-order valence-corrected chi connectivity index (χ3v) is 5.93. The number of pyridine rings is 1. The van der Waals surface area contributed by atoms with E-state index in [2.05, 4.69) is 45.5 Å². The van der Waals surface area contributed by atoms with Crippen LogP contribution in [-0.4, -0.2) is 39.4 Å². The second kappa shape index (κ2) is 9.51. The van der Waals surface area contributed by atoms with Gasteiger partial charge in [-0.3, -0.25) is 4.98 Å². The number of nitrogens with one attached hydrogen (secondary N) is 1.